The molecule has 3 N–H and O–H groups in total. The molecule has 0 rings (SSSR count). The predicted octanol–water partition coefficient (Wildman–Crippen LogP) is 12.4. The lowest BCUT2D eigenvalue weighted by molar-refractivity contribution is -0.143. The van der Waals surface area contributed by atoms with Crippen molar-refractivity contribution in [3.63, 3.8) is 0 Å². The van der Waals surface area contributed by atoms with Crippen LogP contribution in [0, 0.1) is 0 Å². The van der Waals surface area contributed by atoms with E-state index in [0.29, 0.717) is 25.9 Å². The van der Waals surface area contributed by atoms with Crippen LogP contribution in [0.4, 0.5) is 0 Å². The Balaban J connectivity index is 3.56. The Hall–Kier alpha value is -1.66. The summed E-state index contributed by atoms with van der Waals surface area (Å²) in [7, 11) is 0. The predicted molar refractivity (Wildman–Crippen MR) is 218 cm³/mol. The molecule has 0 saturated heterocycles. The van der Waals surface area contributed by atoms with Gasteiger partial charge >= 0.3 is 5.97 Å². The summed E-state index contributed by atoms with van der Waals surface area (Å²) in [6.45, 7) is 4.82. The van der Waals surface area contributed by atoms with Crippen molar-refractivity contribution in [2.45, 2.75) is 238 Å². The highest BCUT2D eigenvalue weighted by molar-refractivity contribution is 5.76. The zero-order valence-corrected chi connectivity index (χ0v) is 33.8. The Morgan fingerprint density at radius 3 is 1.43 bits per heavy atom. The number of aliphatic hydroxyl groups is 2. The standard InChI is InChI=1S/C45H85NO5/c1-3-5-7-9-11-13-15-16-17-19-23-27-31-35-39-45(50)51-40-36-32-28-24-20-22-26-30-34-38-44(49)46-42(41-47)43(48)37-33-29-25-21-18-14-12-10-8-6-4-2/h15-16,22,26,42-43,47-48H,3-14,17-21,23-25,27-41H2,1-2H3,(H,46,49)/b16-15-,26-22-. The molecule has 0 aliphatic rings. The summed E-state index contributed by atoms with van der Waals surface area (Å²) in [5.41, 5.74) is 0. The van der Waals surface area contributed by atoms with Gasteiger partial charge in [0.05, 0.1) is 25.4 Å². The zero-order chi connectivity index (χ0) is 37.3. The molecule has 0 aliphatic carbocycles. The van der Waals surface area contributed by atoms with E-state index in [1.165, 1.54) is 122 Å². The lowest BCUT2D eigenvalue weighted by Gasteiger charge is -2.22. The number of esters is 1. The smallest absolute Gasteiger partial charge is 0.305 e. The van der Waals surface area contributed by atoms with Crippen LogP contribution in [0.15, 0.2) is 24.3 Å². The molecule has 0 bridgehead atoms. The van der Waals surface area contributed by atoms with Crippen molar-refractivity contribution in [1.29, 1.82) is 0 Å². The molecule has 0 radical (unpaired) electrons. The van der Waals surface area contributed by atoms with Crippen LogP contribution >= 0.6 is 0 Å². The monoisotopic (exact) mass is 720 g/mol. The van der Waals surface area contributed by atoms with E-state index in [9.17, 15) is 19.8 Å². The van der Waals surface area contributed by atoms with Crippen LogP contribution < -0.4 is 5.32 Å². The Bertz CT molecular complexity index is 797. The van der Waals surface area contributed by atoms with Crippen molar-refractivity contribution in [1.82, 2.24) is 5.32 Å². The first-order valence-corrected chi connectivity index (χ1v) is 22.1. The van der Waals surface area contributed by atoms with Gasteiger partial charge in [0.15, 0.2) is 0 Å². The van der Waals surface area contributed by atoms with Gasteiger partial charge in [-0.3, -0.25) is 9.59 Å². The summed E-state index contributed by atoms with van der Waals surface area (Å²) in [6, 6.07) is -0.577. The van der Waals surface area contributed by atoms with Crippen LogP contribution in [0.1, 0.15) is 226 Å². The number of carbonyl (C=O) groups is 2. The van der Waals surface area contributed by atoms with Crippen molar-refractivity contribution < 1.29 is 24.5 Å². The third kappa shape index (κ3) is 37.9. The summed E-state index contributed by atoms with van der Waals surface area (Å²) >= 11 is 0. The van der Waals surface area contributed by atoms with E-state index >= 15 is 0 Å². The van der Waals surface area contributed by atoms with Gasteiger partial charge in [-0.25, -0.2) is 0 Å². The van der Waals surface area contributed by atoms with E-state index in [1.807, 2.05) is 0 Å². The number of rotatable bonds is 40. The molecular weight excluding hydrogens is 634 g/mol. The molecule has 0 aromatic carbocycles. The number of hydrogen-bond donors (Lipinski definition) is 3. The highest BCUT2D eigenvalue weighted by atomic mass is 16.5. The fraction of sp³-hybridized carbons (Fsp3) is 0.867. The van der Waals surface area contributed by atoms with Gasteiger partial charge in [-0.05, 0) is 70.6 Å². The summed E-state index contributed by atoms with van der Waals surface area (Å²) in [5.74, 6) is -0.144. The van der Waals surface area contributed by atoms with Gasteiger partial charge in [-0.15, -0.1) is 0 Å². The maximum absolute atomic E-state index is 12.3. The van der Waals surface area contributed by atoms with Crippen LogP contribution in [-0.4, -0.2) is 47.4 Å². The van der Waals surface area contributed by atoms with Crippen LogP contribution in [0.25, 0.3) is 0 Å². The average molecular weight is 720 g/mol. The fourth-order valence-electron chi connectivity index (χ4n) is 6.52. The van der Waals surface area contributed by atoms with Crippen molar-refractivity contribution >= 4 is 11.9 Å². The molecule has 0 spiro atoms. The Labute approximate surface area is 316 Å². The van der Waals surface area contributed by atoms with Crippen molar-refractivity contribution in [2.24, 2.45) is 0 Å². The second kappa shape index (κ2) is 41.1. The summed E-state index contributed by atoms with van der Waals surface area (Å²) in [4.78, 5) is 24.3. The first kappa shape index (κ1) is 49.3. The maximum Gasteiger partial charge on any atom is 0.305 e. The number of allylic oxidation sites excluding steroid dienone is 4. The normalized spacial score (nSPS) is 12.9. The number of nitrogens with one attached hydrogen (secondary N) is 1. The number of hydrogen-bond acceptors (Lipinski definition) is 5. The van der Waals surface area contributed by atoms with E-state index in [-0.39, 0.29) is 18.5 Å². The molecule has 0 fully saturated rings. The van der Waals surface area contributed by atoms with Crippen molar-refractivity contribution in [2.75, 3.05) is 13.2 Å². The molecular formula is C45H85NO5. The second-order valence-electron chi connectivity index (χ2n) is 15.0. The lowest BCUT2D eigenvalue weighted by atomic mass is 10.0. The third-order valence-corrected chi connectivity index (χ3v) is 9.97. The second-order valence-corrected chi connectivity index (χ2v) is 15.0. The largest absolute Gasteiger partial charge is 0.466 e. The molecule has 0 aromatic heterocycles. The number of unbranched alkanes of at least 4 members (excludes halogenated alkanes) is 25. The molecule has 2 atom stereocenters. The minimum atomic E-state index is -0.693. The van der Waals surface area contributed by atoms with Crippen LogP contribution in [0.2, 0.25) is 0 Å². The Morgan fingerprint density at radius 1 is 0.529 bits per heavy atom. The third-order valence-electron chi connectivity index (χ3n) is 9.97. The molecule has 0 aliphatic heterocycles. The van der Waals surface area contributed by atoms with Crippen LogP contribution in [0.3, 0.4) is 0 Å². The Kier molecular flexibility index (Phi) is 39.8. The molecule has 0 saturated carbocycles. The SMILES string of the molecule is CCCCCCC/C=C\CCCCCCCC(=O)OCCCCCC/C=C\CCCC(=O)NC(CO)C(O)CCCCCCCCCCCCC. The highest BCUT2D eigenvalue weighted by Crippen LogP contribution is 2.14. The molecule has 2 unspecified atom stereocenters. The maximum atomic E-state index is 12.3. The van der Waals surface area contributed by atoms with Gasteiger partial charge < -0.3 is 20.3 Å². The summed E-state index contributed by atoms with van der Waals surface area (Å²) in [5, 5.41) is 23.0. The average Bonchev–Trinajstić information content (AvgIpc) is 3.13. The van der Waals surface area contributed by atoms with Gasteiger partial charge in [-0.1, -0.05) is 167 Å². The minimum Gasteiger partial charge on any atom is -0.466 e. The highest BCUT2D eigenvalue weighted by Gasteiger charge is 2.19. The molecule has 51 heavy (non-hydrogen) atoms. The molecule has 1 amide bonds. The summed E-state index contributed by atoms with van der Waals surface area (Å²) in [6.07, 6.45) is 45.6. The molecule has 0 heterocycles. The van der Waals surface area contributed by atoms with Gasteiger partial charge in [0.1, 0.15) is 0 Å². The zero-order valence-electron chi connectivity index (χ0n) is 33.8. The molecule has 0 aromatic rings. The lowest BCUT2D eigenvalue weighted by Crippen LogP contribution is -2.45. The minimum absolute atomic E-state index is 0.0452. The van der Waals surface area contributed by atoms with E-state index in [0.717, 1.165) is 70.6 Å². The van der Waals surface area contributed by atoms with Crippen molar-refractivity contribution in [3.8, 4) is 0 Å². The Morgan fingerprint density at radius 2 is 0.941 bits per heavy atom. The summed E-state index contributed by atoms with van der Waals surface area (Å²) < 4.78 is 5.42. The van der Waals surface area contributed by atoms with Gasteiger partial charge in [0.25, 0.3) is 0 Å². The number of amides is 1. The molecule has 6 heteroatoms. The molecule has 300 valence electrons. The first-order valence-electron chi connectivity index (χ1n) is 22.1. The van der Waals surface area contributed by atoms with Gasteiger partial charge in [-0.2, -0.15) is 0 Å². The van der Waals surface area contributed by atoms with Crippen LogP contribution in [-0.2, 0) is 14.3 Å². The fourth-order valence-corrected chi connectivity index (χ4v) is 6.52. The van der Waals surface area contributed by atoms with Crippen molar-refractivity contribution in [3.05, 3.63) is 24.3 Å². The van der Waals surface area contributed by atoms with Gasteiger partial charge in [0.2, 0.25) is 5.91 Å². The number of carbonyl (C=O) groups excluding carboxylic acids is 2. The first-order chi connectivity index (χ1) is 25.0. The topological polar surface area (TPSA) is 95.9 Å². The van der Waals surface area contributed by atoms with E-state index in [4.69, 9.17) is 4.74 Å². The van der Waals surface area contributed by atoms with E-state index in [1.54, 1.807) is 0 Å². The van der Waals surface area contributed by atoms with E-state index in [2.05, 4.69) is 43.5 Å². The van der Waals surface area contributed by atoms with Crippen LogP contribution in [0.5, 0.6) is 0 Å². The number of aliphatic hydroxyl groups excluding tert-OH is 2. The number of ether oxygens (including phenoxy) is 1. The molecule has 6 nitrogen and oxygen atoms in total. The van der Waals surface area contributed by atoms with E-state index < -0.39 is 12.1 Å². The quantitative estimate of drug-likeness (QED) is 0.0333. The van der Waals surface area contributed by atoms with Gasteiger partial charge in [0, 0.05) is 12.8 Å².